The third-order valence-electron chi connectivity index (χ3n) is 3.83. The molecule has 8 heteroatoms. The molecule has 26 heavy (non-hydrogen) atoms. The number of benzene rings is 1. The number of anilines is 1. The fourth-order valence-corrected chi connectivity index (χ4v) is 3.28. The number of pyridine rings is 1. The zero-order chi connectivity index (χ0) is 18.1. The molecular weight excluding hydrogens is 350 g/mol. The van der Waals surface area contributed by atoms with Crippen LogP contribution >= 0.6 is 11.3 Å². The Morgan fingerprint density at radius 2 is 2.00 bits per heavy atom. The topological polar surface area (TPSA) is 93.8 Å². The molecule has 130 valence electrons. The molecule has 0 spiro atoms. The first-order valence-corrected chi connectivity index (χ1v) is 8.89. The third kappa shape index (κ3) is 3.06. The van der Waals surface area contributed by atoms with Crippen LogP contribution in [0.5, 0.6) is 0 Å². The van der Waals surface area contributed by atoms with E-state index in [2.05, 4.69) is 25.7 Å². The van der Waals surface area contributed by atoms with E-state index < -0.39 is 0 Å². The Morgan fingerprint density at radius 3 is 2.77 bits per heavy atom. The molecule has 0 aliphatic rings. The van der Waals surface area contributed by atoms with E-state index in [1.165, 1.54) is 17.5 Å². The van der Waals surface area contributed by atoms with Crippen molar-refractivity contribution in [3.63, 3.8) is 0 Å². The molecule has 0 aliphatic carbocycles. The summed E-state index contributed by atoms with van der Waals surface area (Å²) in [6.07, 6.45) is 1.46. The monoisotopic (exact) mass is 365 g/mol. The number of hydrogen-bond donors (Lipinski definition) is 1. The molecule has 1 N–H and O–H groups in total. The number of carbonyl (C=O) groups is 1. The van der Waals surface area contributed by atoms with Crippen LogP contribution in [0.1, 0.15) is 35.8 Å². The highest BCUT2D eigenvalue weighted by Gasteiger charge is 2.17. The van der Waals surface area contributed by atoms with Crippen molar-refractivity contribution in [3.05, 3.63) is 53.9 Å². The zero-order valence-corrected chi connectivity index (χ0v) is 14.9. The Hall–Kier alpha value is -3.13. The van der Waals surface area contributed by atoms with Gasteiger partial charge >= 0.3 is 0 Å². The maximum atomic E-state index is 12.5. The lowest BCUT2D eigenvalue weighted by Gasteiger charge is -2.02. The number of hydrogen-bond acceptors (Lipinski definition) is 7. The predicted octanol–water partition coefficient (Wildman–Crippen LogP) is 4.12. The van der Waals surface area contributed by atoms with Gasteiger partial charge in [-0.2, -0.15) is 0 Å². The van der Waals surface area contributed by atoms with E-state index in [4.69, 9.17) is 4.52 Å². The lowest BCUT2D eigenvalue weighted by molar-refractivity contribution is 0.102. The highest BCUT2D eigenvalue weighted by atomic mass is 32.1. The zero-order valence-electron chi connectivity index (χ0n) is 14.1. The molecule has 0 saturated carbocycles. The maximum absolute atomic E-state index is 12.5. The first-order valence-electron chi connectivity index (χ1n) is 8.07. The fourth-order valence-electron chi connectivity index (χ4n) is 2.53. The minimum atomic E-state index is -0.300. The highest BCUT2D eigenvalue weighted by Crippen LogP contribution is 2.27. The standard InChI is InChI=1S/C18H15N5O2S/c1-10(2)14-13-8-12(9-19-16(13)25-23-14)15(24)20-18-22-21-17(26-18)11-6-4-3-5-7-11/h3-10H,1-2H3,(H,20,22,24). The summed E-state index contributed by atoms with van der Waals surface area (Å²) in [5.41, 5.74) is 2.58. The van der Waals surface area contributed by atoms with E-state index in [1.807, 2.05) is 44.2 Å². The van der Waals surface area contributed by atoms with Crippen molar-refractivity contribution in [2.24, 2.45) is 0 Å². The number of fused-ring (bicyclic) bond motifs is 1. The van der Waals surface area contributed by atoms with Crippen LogP contribution in [0.15, 0.2) is 47.1 Å². The van der Waals surface area contributed by atoms with Crippen LogP contribution in [-0.2, 0) is 0 Å². The van der Waals surface area contributed by atoms with Crippen molar-refractivity contribution < 1.29 is 9.32 Å². The van der Waals surface area contributed by atoms with Gasteiger partial charge < -0.3 is 4.52 Å². The van der Waals surface area contributed by atoms with Gasteiger partial charge in [0, 0.05) is 11.8 Å². The Labute approximate surface area is 153 Å². The first kappa shape index (κ1) is 16.3. The summed E-state index contributed by atoms with van der Waals surface area (Å²) in [5, 5.41) is 16.9. The van der Waals surface area contributed by atoms with Crippen LogP contribution in [0.3, 0.4) is 0 Å². The normalized spacial score (nSPS) is 11.2. The number of carbonyl (C=O) groups excluding carboxylic acids is 1. The van der Waals surface area contributed by atoms with Gasteiger partial charge in [-0.05, 0) is 12.0 Å². The molecule has 3 heterocycles. The number of nitrogens with zero attached hydrogens (tertiary/aromatic N) is 4. The molecule has 0 fully saturated rings. The lowest BCUT2D eigenvalue weighted by Crippen LogP contribution is -2.12. The van der Waals surface area contributed by atoms with E-state index in [0.29, 0.717) is 16.4 Å². The Morgan fingerprint density at radius 1 is 1.19 bits per heavy atom. The minimum absolute atomic E-state index is 0.174. The van der Waals surface area contributed by atoms with Gasteiger partial charge in [0.2, 0.25) is 5.13 Å². The third-order valence-corrected chi connectivity index (χ3v) is 4.72. The summed E-state index contributed by atoms with van der Waals surface area (Å²) in [6, 6.07) is 11.4. The number of amides is 1. The van der Waals surface area contributed by atoms with E-state index in [1.54, 1.807) is 6.07 Å². The Bertz CT molecular complexity index is 1070. The molecule has 0 saturated heterocycles. The van der Waals surface area contributed by atoms with Crippen molar-refractivity contribution in [1.82, 2.24) is 20.3 Å². The van der Waals surface area contributed by atoms with Gasteiger partial charge in [0.05, 0.1) is 16.6 Å². The molecular formula is C18H15N5O2S. The molecule has 4 rings (SSSR count). The Balaban J connectivity index is 1.58. The number of rotatable bonds is 4. The van der Waals surface area contributed by atoms with Gasteiger partial charge in [-0.1, -0.05) is 60.7 Å². The Kier molecular flexibility index (Phi) is 4.18. The van der Waals surface area contributed by atoms with E-state index in [0.717, 1.165) is 21.7 Å². The molecule has 0 radical (unpaired) electrons. The van der Waals surface area contributed by atoms with Gasteiger partial charge in [0.1, 0.15) is 5.01 Å². The number of aromatic nitrogens is 4. The van der Waals surface area contributed by atoms with Gasteiger partial charge in [-0.25, -0.2) is 4.98 Å². The van der Waals surface area contributed by atoms with Crippen LogP contribution in [-0.4, -0.2) is 26.2 Å². The second-order valence-electron chi connectivity index (χ2n) is 6.03. The van der Waals surface area contributed by atoms with Crippen LogP contribution in [0.25, 0.3) is 21.7 Å². The summed E-state index contributed by atoms with van der Waals surface area (Å²) in [5.74, 6) is -0.126. The molecule has 4 aromatic rings. The quantitative estimate of drug-likeness (QED) is 0.585. The molecule has 1 aromatic carbocycles. The molecule has 7 nitrogen and oxygen atoms in total. The second kappa shape index (κ2) is 6.64. The van der Waals surface area contributed by atoms with E-state index >= 15 is 0 Å². The summed E-state index contributed by atoms with van der Waals surface area (Å²) in [7, 11) is 0. The summed E-state index contributed by atoms with van der Waals surface area (Å²) < 4.78 is 5.20. The van der Waals surface area contributed by atoms with Gasteiger partial charge in [0.15, 0.2) is 0 Å². The van der Waals surface area contributed by atoms with Crippen molar-refractivity contribution in [3.8, 4) is 10.6 Å². The first-order chi connectivity index (χ1) is 12.6. The van der Waals surface area contributed by atoms with Crippen LogP contribution < -0.4 is 5.32 Å². The minimum Gasteiger partial charge on any atom is -0.336 e. The lowest BCUT2D eigenvalue weighted by atomic mass is 10.1. The van der Waals surface area contributed by atoms with Crippen molar-refractivity contribution in [2.75, 3.05) is 5.32 Å². The summed E-state index contributed by atoms with van der Waals surface area (Å²) >= 11 is 1.32. The molecule has 0 aliphatic heterocycles. The number of nitrogens with one attached hydrogen (secondary N) is 1. The van der Waals surface area contributed by atoms with Crippen molar-refractivity contribution in [1.29, 1.82) is 0 Å². The molecule has 1 amide bonds. The summed E-state index contributed by atoms with van der Waals surface area (Å²) in [6.45, 7) is 4.02. The summed E-state index contributed by atoms with van der Waals surface area (Å²) in [4.78, 5) is 16.7. The molecule has 0 bridgehead atoms. The smallest absolute Gasteiger partial charge is 0.259 e. The van der Waals surface area contributed by atoms with E-state index in [9.17, 15) is 4.79 Å². The highest BCUT2D eigenvalue weighted by molar-refractivity contribution is 7.18. The van der Waals surface area contributed by atoms with Crippen LogP contribution in [0.4, 0.5) is 5.13 Å². The van der Waals surface area contributed by atoms with Gasteiger partial charge in [-0.15, -0.1) is 10.2 Å². The van der Waals surface area contributed by atoms with Crippen molar-refractivity contribution >= 4 is 33.5 Å². The van der Waals surface area contributed by atoms with Crippen molar-refractivity contribution in [2.45, 2.75) is 19.8 Å². The van der Waals surface area contributed by atoms with E-state index in [-0.39, 0.29) is 11.8 Å². The fraction of sp³-hybridized carbons (Fsp3) is 0.167. The maximum Gasteiger partial charge on any atom is 0.259 e. The SMILES string of the molecule is CC(C)c1noc2ncc(C(=O)Nc3nnc(-c4ccccc4)s3)cc12. The van der Waals surface area contributed by atoms with Crippen LogP contribution in [0.2, 0.25) is 0 Å². The molecule has 3 aromatic heterocycles. The largest absolute Gasteiger partial charge is 0.336 e. The average Bonchev–Trinajstić information content (AvgIpc) is 3.28. The molecule has 0 unspecified atom stereocenters. The molecule has 0 atom stereocenters. The van der Waals surface area contributed by atoms with Gasteiger partial charge in [-0.3, -0.25) is 10.1 Å². The van der Waals surface area contributed by atoms with Crippen LogP contribution in [0, 0.1) is 0 Å². The van der Waals surface area contributed by atoms with Gasteiger partial charge in [0.25, 0.3) is 11.6 Å². The predicted molar refractivity (Wildman–Crippen MR) is 99.2 cm³/mol. The second-order valence-corrected chi connectivity index (χ2v) is 7.01. The average molecular weight is 365 g/mol.